The molecule has 0 fully saturated rings. The summed E-state index contributed by atoms with van der Waals surface area (Å²) in [5.41, 5.74) is 3.38. The highest BCUT2D eigenvalue weighted by Gasteiger charge is 2.08. The standard InChI is InChI=1S/C21H18N2O/c1-16-22-20-12-5-6-13-21(20)23(16)15-17-8-7-11-19(14-17)24-18-9-3-2-4-10-18/h2-14H,15H2,1H3. The van der Waals surface area contributed by atoms with Gasteiger partial charge in [0.05, 0.1) is 11.0 Å². The molecule has 0 aliphatic carbocycles. The van der Waals surface area contributed by atoms with Crippen molar-refractivity contribution in [3.63, 3.8) is 0 Å². The van der Waals surface area contributed by atoms with E-state index in [0.717, 1.165) is 34.9 Å². The molecule has 0 unspecified atom stereocenters. The van der Waals surface area contributed by atoms with E-state index in [-0.39, 0.29) is 0 Å². The molecule has 4 rings (SSSR count). The Kier molecular flexibility index (Phi) is 3.75. The molecule has 3 heteroatoms. The summed E-state index contributed by atoms with van der Waals surface area (Å²) in [5, 5.41) is 0. The number of hydrogen-bond acceptors (Lipinski definition) is 2. The minimum absolute atomic E-state index is 0.776. The molecule has 0 saturated heterocycles. The fourth-order valence-electron chi connectivity index (χ4n) is 2.91. The molecule has 24 heavy (non-hydrogen) atoms. The fourth-order valence-corrected chi connectivity index (χ4v) is 2.91. The summed E-state index contributed by atoms with van der Waals surface area (Å²) in [5.74, 6) is 2.71. The first-order valence-corrected chi connectivity index (χ1v) is 8.03. The molecule has 0 radical (unpaired) electrons. The van der Waals surface area contributed by atoms with Crippen LogP contribution < -0.4 is 4.74 Å². The van der Waals surface area contributed by atoms with Crippen LogP contribution in [0.1, 0.15) is 11.4 Å². The Morgan fingerprint density at radius 1 is 0.833 bits per heavy atom. The number of benzene rings is 3. The minimum Gasteiger partial charge on any atom is -0.457 e. The summed E-state index contributed by atoms with van der Waals surface area (Å²) in [4.78, 5) is 4.63. The molecule has 4 aromatic rings. The van der Waals surface area contributed by atoms with Crippen LogP contribution in [-0.4, -0.2) is 9.55 Å². The number of aryl methyl sites for hydroxylation is 1. The van der Waals surface area contributed by atoms with Gasteiger partial charge in [-0.2, -0.15) is 0 Å². The van der Waals surface area contributed by atoms with Crippen molar-refractivity contribution in [2.24, 2.45) is 0 Å². The van der Waals surface area contributed by atoms with Gasteiger partial charge in [0, 0.05) is 6.54 Å². The number of imidazole rings is 1. The van der Waals surface area contributed by atoms with E-state index in [9.17, 15) is 0 Å². The second kappa shape index (κ2) is 6.20. The van der Waals surface area contributed by atoms with Crippen molar-refractivity contribution in [2.45, 2.75) is 13.5 Å². The summed E-state index contributed by atoms with van der Waals surface area (Å²) in [6.07, 6.45) is 0. The molecule has 3 aromatic carbocycles. The molecule has 0 spiro atoms. The van der Waals surface area contributed by atoms with E-state index in [1.807, 2.05) is 61.5 Å². The lowest BCUT2D eigenvalue weighted by molar-refractivity contribution is 0.481. The van der Waals surface area contributed by atoms with Crippen LogP contribution in [0.5, 0.6) is 11.5 Å². The highest BCUT2D eigenvalue weighted by atomic mass is 16.5. The molecule has 0 aliphatic heterocycles. The summed E-state index contributed by atoms with van der Waals surface area (Å²) < 4.78 is 8.16. The Morgan fingerprint density at radius 2 is 1.58 bits per heavy atom. The van der Waals surface area contributed by atoms with Crippen LogP contribution in [0.3, 0.4) is 0 Å². The van der Waals surface area contributed by atoms with E-state index in [4.69, 9.17) is 4.74 Å². The van der Waals surface area contributed by atoms with E-state index in [1.165, 1.54) is 5.56 Å². The van der Waals surface area contributed by atoms with Crippen LogP contribution >= 0.6 is 0 Å². The number of aromatic nitrogens is 2. The predicted octanol–water partition coefficient (Wildman–Crippen LogP) is 5.19. The van der Waals surface area contributed by atoms with Gasteiger partial charge in [-0.05, 0) is 48.9 Å². The highest BCUT2D eigenvalue weighted by molar-refractivity contribution is 5.75. The zero-order valence-corrected chi connectivity index (χ0v) is 13.5. The van der Waals surface area contributed by atoms with Crippen molar-refractivity contribution < 1.29 is 4.74 Å². The van der Waals surface area contributed by atoms with Gasteiger partial charge in [-0.15, -0.1) is 0 Å². The average molecular weight is 314 g/mol. The third kappa shape index (κ3) is 2.88. The maximum Gasteiger partial charge on any atom is 0.127 e. The van der Waals surface area contributed by atoms with Gasteiger partial charge in [0.15, 0.2) is 0 Å². The third-order valence-corrected chi connectivity index (χ3v) is 4.06. The monoisotopic (exact) mass is 314 g/mol. The fraction of sp³-hybridized carbons (Fsp3) is 0.0952. The zero-order valence-electron chi connectivity index (χ0n) is 13.5. The molecule has 0 saturated carbocycles. The molecule has 0 atom stereocenters. The van der Waals surface area contributed by atoms with Gasteiger partial charge in [-0.25, -0.2) is 4.98 Å². The Bertz CT molecular complexity index is 973. The van der Waals surface area contributed by atoms with E-state index in [2.05, 4.69) is 33.8 Å². The van der Waals surface area contributed by atoms with Gasteiger partial charge < -0.3 is 9.30 Å². The van der Waals surface area contributed by atoms with Gasteiger partial charge in [-0.1, -0.05) is 42.5 Å². The number of rotatable bonds is 4. The highest BCUT2D eigenvalue weighted by Crippen LogP contribution is 2.23. The Morgan fingerprint density at radius 3 is 2.46 bits per heavy atom. The average Bonchev–Trinajstić information content (AvgIpc) is 2.92. The van der Waals surface area contributed by atoms with Crippen LogP contribution in [0.4, 0.5) is 0 Å². The SMILES string of the molecule is Cc1nc2ccccc2n1Cc1cccc(Oc2ccccc2)c1. The first-order chi connectivity index (χ1) is 11.8. The van der Waals surface area contributed by atoms with Crippen molar-refractivity contribution >= 4 is 11.0 Å². The van der Waals surface area contributed by atoms with Crippen LogP contribution in [-0.2, 0) is 6.54 Å². The lowest BCUT2D eigenvalue weighted by Crippen LogP contribution is -2.02. The van der Waals surface area contributed by atoms with Gasteiger partial charge in [0.2, 0.25) is 0 Å². The minimum atomic E-state index is 0.776. The Balaban J connectivity index is 1.63. The normalized spacial score (nSPS) is 10.9. The smallest absolute Gasteiger partial charge is 0.127 e. The molecule has 0 N–H and O–H groups in total. The number of fused-ring (bicyclic) bond motifs is 1. The van der Waals surface area contributed by atoms with Gasteiger partial charge >= 0.3 is 0 Å². The largest absolute Gasteiger partial charge is 0.457 e. The molecular weight excluding hydrogens is 296 g/mol. The van der Waals surface area contributed by atoms with Crippen LogP contribution in [0.15, 0.2) is 78.9 Å². The maximum absolute atomic E-state index is 5.93. The molecule has 3 nitrogen and oxygen atoms in total. The zero-order chi connectivity index (χ0) is 16.4. The summed E-state index contributed by atoms with van der Waals surface area (Å²) in [6.45, 7) is 2.82. The summed E-state index contributed by atoms with van der Waals surface area (Å²) in [6, 6.07) is 26.3. The van der Waals surface area contributed by atoms with Gasteiger partial charge in [-0.3, -0.25) is 0 Å². The molecular formula is C21H18N2O. The molecule has 0 bridgehead atoms. The lowest BCUT2D eigenvalue weighted by Gasteiger charge is -2.10. The van der Waals surface area contributed by atoms with E-state index >= 15 is 0 Å². The first-order valence-electron chi connectivity index (χ1n) is 8.03. The van der Waals surface area contributed by atoms with E-state index < -0.39 is 0 Å². The quantitative estimate of drug-likeness (QED) is 0.518. The van der Waals surface area contributed by atoms with Crippen LogP contribution in [0, 0.1) is 6.92 Å². The lowest BCUT2D eigenvalue weighted by atomic mass is 10.2. The van der Waals surface area contributed by atoms with Gasteiger partial charge in [0.25, 0.3) is 0 Å². The predicted molar refractivity (Wildman–Crippen MR) is 96.5 cm³/mol. The molecule has 0 aliphatic rings. The first kappa shape index (κ1) is 14.5. The van der Waals surface area contributed by atoms with Crippen molar-refractivity contribution in [1.29, 1.82) is 0 Å². The molecule has 0 amide bonds. The molecule has 1 heterocycles. The van der Waals surface area contributed by atoms with Crippen molar-refractivity contribution in [3.05, 3.63) is 90.3 Å². The van der Waals surface area contributed by atoms with Crippen LogP contribution in [0.2, 0.25) is 0 Å². The van der Waals surface area contributed by atoms with Crippen molar-refractivity contribution in [1.82, 2.24) is 9.55 Å². The number of hydrogen-bond donors (Lipinski definition) is 0. The summed E-state index contributed by atoms with van der Waals surface area (Å²) >= 11 is 0. The Labute approximate surface area is 141 Å². The number of nitrogens with zero attached hydrogens (tertiary/aromatic N) is 2. The van der Waals surface area contributed by atoms with E-state index in [1.54, 1.807) is 0 Å². The maximum atomic E-state index is 5.93. The van der Waals surface area contributed by atoms with Crippen LogP contribution in [0.25, 0.3) is 11.0 Å². The molecule has 1 aromatic heterocycles. The topological polar surface area (TPSA) is 27.1 Å². The third-order valence-electron chi connectivity index (χ3n) is 4.06. The second-order valence-electron chi connectivity index (χ2n) is 5.80. The summed E-state index contributed by atoms with van der Waals surface area (Å²) in [7, 11) is 0. The van der Waals surface area contributed by atoms with Crippen molar-refractivity contribution in [2.75, 3.05) is 0 Å². The second-order valence-corrected chi connectivity index (χ2v) is 5.80. The van der Waals surface area contributed by atoms with Gasteiger partial charge in [0.1, 0.15) is 17.3 Å². The molecule has 118 valence electrons. The van der Waals surface area contributed by atoms with E-state index in [0.29, 0.717) is 0 Å². The Hall–Kier alpha value is -3.07. The number of ether oxygens (including phenoxy) is 1. The number of para-hydroxylation sites is 3. The van der Waals surface area contributed by atoms with Crippen molar-refractivity contribution in [3.8, 4) is 11.5 Å².